The van der Waals surface area contributed by atoms with Crippen molar-refractivity contribution in [1.82, 2.24) is 14.9 Å². The van der Waals surface area contributed by atoms with E-state index < -0.39 is 0 Å². The smallest absolute Gasteiger partial charge is 0.122 e. The first kappa shape index (κ1) is 18.4. The van der Waals surface area contributed by atoms with Gasteiger partial charge in [-0.15, -0.1) is 0 Å². The molecule has 1 unspecified atom stereocenters. The number of benzene rings is 1. The third kappa shape index (κ3) is 3.55. The van der Waals surface area contributed by atoms with E-state index in [1.807, 2.05) is 12.4 Å². The van der Waals surface area contributed by atoms with Gasteiger partial charge in [-0.3, -0.25) is 14.9 Å². The molecule has 4 heterocycles. The topological polar surface area (TPSA) is 41.0 Å². The van der Waals surface area contributed by atoms with Crippen LogP contribution in [-0.4, -0.2) is 46.8 Å². The second-order valence-electron chi connectivity index (χ2n) is 8.24. The van der Waals surface area contributed by atoms with Gasteiger partial charge in [0.1, 0.15) is 5.75 Å². The molecule has 1 fully saturated rings. The normalized spacial score (nSPS) is 20.5. The van der Waals surface area contributed by atoms with Gasteiger partial charge in [-0.1, -0.05) is 17.7 Å². The number of hydrogen-bond donors (Lipinski definition) is 0. The van der Waals surface area contributed by atoms with E-state index in [0.29, 0.717) is 6.04 Å². The Bertz CT molecular complexity index is 966. The molecule has 3 aliphatic rings. The van der Waals surface area contributed by atoms with Crippen LogP contribution in [0, 0.1) is 0 Å². The number of fused-ring (bicyclic) bond motifs is 2. The molecule has 2 aromatic rings. The lowest BCUT2D eigenvalue weighted by molar-refractivity contribution is 0.141. The van der Waals surface area contributed by atoms with Crippen molar-refractivity contribution in [3.05, 3.63) is 70.7 Å². The van der Waals surface area contributed by atoms with E-state index >= 15 is 0 Å². The summed E-state index contributed by atoms with van der Waals surface area (Å²) in [5.41, 5.74) is 7.84. The summed E-state index contributed by atoms with van der Waals surface area (Å²) < 4.78 is 5.79. The summed E-state index contributed by atoms with van der Waals surface area (Å²) in [6.07, 6.45) is 6.77. The molecule has 5 heteroatoms. The van der Waals surface area contributed by atoms with Gasteiger partial charge >= 0.3 is 0 Å². The Kier molecular flexibility index (Phi) is 4.84. The molecule has 150 valence electrons. The second kappa shape index (κ2) is 7.64. The molecule has 29 heavy (non-hydrogen) atoms. The van der Waals surface area contributed by atoms with Crippen molar-refractivity contribution in [3.63, 3.8) is 0 Å². The van der Waals surface area contributed by atoms with Gasteiger partial charge < -0.3 is 4.74 Å². The highest BCUT2D eigenvalue weighted by Gasteiger charge is 2.29. The van der Waals surface area contributed by atoms with Crippen LogP contribution in [-0.2, 0) is 6.42 Å². The molecule has 1 aromatic carbocycles. The largest absolute Gasteiger partial charge is 0.493 e. The molecule has 0 saturated carbocycles. The number of piperazine rings is 1. The molecule has 0 radical (unpaired) electrons. The van der Waals surface area contributed by atoms with Gasteiger partial charge in [0.2, 0.25) is 0 Å². The molecule has 5 nitrogen and oxygen atoms in total. The molecule has 1 aromatic heterocycles. The maximum Gasteiger partial charge on any atom is 0.122 e. The second-order valence-corrected chi connectivity index (χ2v) is 8.24. The Morgan fingerprint density at radius 2 is 1.90 bits per heavy atom. The average Bonchev–Trinajstić information content (AvgIpc) is 3.17. The van der Waals surface area contributed by atoms with Crippen molar-refractivity contribution < 1.29 is 4.74 Å². The minimum atomic E-state index is 0.360. The number of hydrogen-bond acceptors (Lipinski definition) is 5. The highest BCUT2D eigenvalue weighted by atomic mass is 16.5. The van der Waals surface area contributed by atoms with Crippen molar-refractivity contribution in [2.45, 2.75) is 39.2 Å². The third-order valence-electron chi connectivity index (χ3n) is 6.50. The molecular formula is C24H28N4O. The predicted octanol–water partition coefficient (Wildman–Crippen LogP) is 4.17. The summed E-state index contributed by atoms with van der Waals surface area (Å²) in [4.78, 5) is 6.71. The van der Waals surface area contributed by atoms with Crippen molar-refractivity contribution in [2.24, 2.45) is 5.10 Å². The molecule has 1 saturated heterocycles. The minimum Gasteiger partial charge on any atom is -0.493 e. The zero-order valence-electron chi connectivity index (χ0n) is 17.3. The summed E-state index contributed by atoms with van der Waals surface area (Å²) in [5, 5.41) is 7.29. The summed E-state index contributed by atoms with van der Waals surface area (Å²) in [7, 11) is 0. The molecule has 0 amide bonds. The molecule has 0 aliphatic carbocycles. The fraction of sp³-hybridized carbons (Fsp3) is 0.417. The van der Waals surface area contributed by atoms with E-state index in [4.69, 9.17) is 9.84 Å². The minimum absolute atomic E-state index is 0.360. The van der Waals surface area contributed by atoms with Gasteiger partial charge in [0.25, 0.3) is 0 Å². The number of hydrazone groups is 1. The summed E-state index contributed by atoms with van der Waals surface area (Å²) in [5.74, 6) is 1.07. The van der Waals surface area contributed by atoms with Crippen LogP contribution in [0.5, 0.6) is 5.75 Å². The molecule has 3 aliphatic heterocycles. The van der Waals surface area contributed by atoms with Crippen LogP contribution in [0.1, 0.15) is 49.4 Å². The Hall–Kier alpha value is -2.66. The first-order valence-corrected chi connectivity index (χ1v) is 10.6. The van der Waals surface area contributed by atoms with Gasteiger partial charge in [0.15, 0.2) is 0 Å². The van der Waals surface area contributed by atoms with E-state index in [1.165, 1.54) is 33.7 Å². The van der Waals surface area contributed by atoms with Crippen LogP contribution in [0.2, 0.25) is 0 Å². The first-order chi connectivity index (χ1) is 14.2. The van der Waals surface area contributed by atoms with Gasteiger partial charge in [0.05, 0.1) is 18.9 Å². The zero-order valence-corrected chi connectivity index (χ0v) is 17.3. The monoisotopic (exact) mass is 388 g/mol. The predicted molar refractivity (Wildman–Crippen MR) is 115 cm³/mol. The summed E-state index contributed by atoms with van der Waals surface area (Å²) in [6.45, 7) is 8.26. The van der Waals surface area contributed by atoms with E-state index in [2.05, 4.69) is 59.1 Å². The lowest BCUT2D eigenvalue weighted by Crippen LogP contribution is -2.44. The van der Waals surface area contributed by atoms with Crippen molar-refractivity contribution in [2.75, 3.05) is 26.2 Å². The van der Waals surface area contributed by atoms with Crippen LogP contribution in [0.15, 0.2) is 59.1 Å². The first-order valence-electron chi connectivity index (χ1n) is 10.6. The number of ether oxygens (including phenoxy) is 1. The Labute approximate surface area is 172 Å². The van der Waals surface area contributed by atoms with Gasteiger partial charge in [-0.05, 0) is 56.0 Å². The quantitative estimate of drug-likeness (QED) is 0.791. The van der Waals surface area contributed by atoms with Crippen LogP contribution < -0.4 is 4.74 Å². The van der Waals surface area contributed by atoms with Crippen LogP contribution in [0.3, 0.4) is 0 Å². The molecule has 0 bridgehead atoms. The number of nitrogens with zero attached hydrogens (tertiary/aromatic N) is 4. The zero-order chi connectivity index (χ0) is 19.8. The third-order valence-corrected chi connectivity index (χ3v) is 6.50. The number of aromatic nitrogens is 1. The number of rotatable bonds is 3. The molecule has 1 atom stereocenters. The maximum absolute atomic E-state index is 5.79. The number of pyridine rings is 1. The van der Waals surface area contributed by atoms with Gasteiger partial charge in [-0.2, -0.15) is 5.10 Å². The lowest BCUT2D eigenvalue weighted by atomic mass is 10.0. The molecule has 5 rings (SSSR count). The molecule has 0 N–H and O–H groups in total. The highest BCUT2D eigenvalue weighted by Crippen LogP contribution is 2.33. The summed E-state index contributed by atoms with van der Waals surface area (Å²) in [6, 6.07) is 11.2. The highest BCUT2D eigenvalue weighted by molar-refractivity contribution is 6.00. The number of allylic oxidation sites excluding steroid dienone is 1. The lowest BCUT2D eigenvalue weighted by Gasteiger charge is -2.39. The van der Waals surface area contributed by atoms with Gasteiger partial charge in [0, 0.05) is 49.2 Å². The Morgan fingerprint density at radius 3 is 2.76 bits per heavy atom. The fourth-order valence-electron chi connectivity index (χ4n) is 4.55. The molecular weight excluding hydrogens is 360 g/mol. The van der Waals surface area contributed by atoms with E-state index in [1.54, 1.807) is 0 Å². The molecule has 0 spiro atoms. The maximum atomic E-state index is 5.79. The van der Waals surface area contributed by atoms with E-state index in [9.17, 15) is 0 Å². The Balaban J connectivity index is 1.36. The van der Waals surface area contributed by atoms with E-state index in [-0.39, 0.29) is 0 Å². The van der Waals surface area contributed by atoms with Crippen molar-refractivity contribution >= 4 is 5.71 Å². The van der Waals surface area contributed by atoms with Crippen LogP contribution in [0.4, 0.5) is 0 Å². The van der Waals surface area contributed by atoms with Gasteiger partial charge in [-0.25, -0.2) is 0 Å². The van der Waals surface area contributed by atoms with Crippen molar-refractivity contribution in [3.8, 4) is 5.75 Å². The Morgan fingerprint density at radius 1 is 1.03 bits per heavy atom. The van der Waals surface area contributed by atoms with Crippen LogP contribution in [0.25, 0.3) is 0 Å². The van der Waals surface area contributed by atoms with E-state index in [0.717, 1.165) is 51.3 Å². The summed E-state index contributed by atoms with van der Waals surface area (Å²) >= 11 is 0. The SMILES string of the molecule is CC1=C2CN(C(C)c3ccc4c(c3)OCC4)CCN2N=C(c2ccncc2)CC1. The average molecular weight is 389 g/mol. The fourth-order valence-corrected chi connectivity index (χ4v) is 4.55. The van der Waals surface area contributed by atoms with Crippen molar-refractivity contribution in [1.29, 1.82) is 0 Å². The standard InChI is InChI=1S/C24H28N4O/c1-17-3-6-22(19-7-10-25-11-8-19)26-28-13-12-27(16-23(17)28)18(2)21-5-4-20-9-14-29-24(20)15-21/h4-5,7-8,10-11,15,18H,3,6,9,12-14,16H2,1-2H3. The van der Waals surface area contributed by atoms with Crippen LogP contribution >= 0.6 is 0 Å².